The van der Waals surface area contributed by atoms with E-state index < -0.39 is 12.1 Å². The standard InChI is InChI=1S/C25H34O5/c1-17(7-5-9-18(2)11-12-22(26)21-13-14-29-16-21)8-6-10-19(3)15-23-24(27)20(4)25(28)30-23/h7,11,13-16,19,22,26-27H,5-6,8-10,12H2,1-4H3. The Morgan fingerprint density at radius 1 is 1.20 bits per heavy atom. The Morgan fingerprint density at radius 3 is 2.57 bits per heavy atom. The second-order valence-corrected chi connectivity index (χ2v) is 8.21. The van der Waals surface area contributed by atoms with Gasteiger partial charge in [-0.2, -0.15) is 0 Å². The molecule has 0 radical (unpaired) electrons. The first-order valence-electron chi connectivity index (χ1n) is 10.6. The van der Waals surface area contributed by atoms with Gasteiger partial charge in [0.05, 0.1) is 24.2 Å². The maximum absolute atomic E-state index is 11.4. The van der Waals surface area contributed by atoms with Gasteiger partial charge in [-0.3, -0.25) is 0 Å². The summed E-state index contributed by atoms with van der Waals surface area (Å²) < 4.78 is 10.1. The number of carbonyl (C=O) groups excluding carboxylic acids is 1. The minimum atomic E-state index is -0.512. The molecule has 164 valence electrons. The van der Waals surface area contributed by atoms with Crippen LogP contribution in [-0.4, -0.2) is 16.2 Å². The van der Waals surface area contributed by atoms with Gasteiger partial charge in [0.2, 0.25) is 0 Å². The highest BCUT2D eigenvalue weighted by Gasteiger charge is 2.26. The van der Waals surface area contributed by atoms with Crippen molar-refractivity contribution in [3.8, 4) is 0 Å². The summed E-state index contributed by atoms with van der Waals surface area (Å²) in [5.41, 5.74) is 3.72. The Balaban J connectivity index is 1.66. The van der Waals surface area contributed by atoms with Crippen molar-refractivity contribution in [1.82, 2.24) is 0 Å². The van der Waals surface area contributed by atoms with Crippen molar-refractivity contribution in [3.05, 3.63) is 70.6 Å². The van der Waals surface area contributed by atoms with Gasteiger partial charge in [0.15, 0.2) is 11.5 Å². The van der Waals surface area contributed by atoms with Crippen LogP contribution in [0.4, 0.5) is 0 Å². The lowest BCUT2D eigenvalue weighted by atomic mass is 9.99. The monoisotopic (exact) mass is 414 g/mol. The summed E-state index contributed by atoms with van der Waals surface area (Å²) in [4.78, 5) is 11.4. The first-order chi connectivity index (χ1) is 14.3. The van der Waals surface area contributed by atoms with E-state index in [1.165, 1.54) is 11.1 Å². The second-order valence-electron chi connectivity index (χ2n) is 8.21. The number of aliphatic hydroxyl groups excluding tert-OH is 2. The van der Waals surface area contributed by atoms with Crippen molar-refractivity contribution in [1.29, 1.82) is 0 Å². The van der Waals surface area contributed by atoms with Crippen LogP contribution in [0.1, 0.15) is 77.9 Å². The van der Waals surface area contributed by atoms with E-state index in [0.29, 0.717) is 6.42 Å². The van der Waals surface area contributed by atoms with Crippen LogP contribution in [0.2, 0.25) is 0 Å². The van der Waals surface area contributed by atoms with Gasteiger partial charge in [0.1, 0.15) is 0 Å². The number of hydrogen-bond acceptors (Lipinski definition) is 5. The Hall–Kier alpha value is -2.53. The maximum Gasteiger partial charge on any atom is 0.343 e. The number of carbonyl (C=O) groups is 1. The summed E-state index contributed by atoms with van der Waals surface area (Å²) in [7, 11) is 0. The van der Waals surface area contributed by atoms with Gasteiger partial charge < -0.3 is 19.4 Å². The van der Waals surface area contributed by atoms with Crippen LogP contribution < -0.4 is 0 Å². The van der Waals surface area contributed by atoms with Crippen LogP contribution in [0.25, 0.3) is 0 Å². The number of aliphatic hydroxyl groups is 2. The van der Waals surface area contributed by atoms with E-state index in [0.717, 1.165) is 37.7 Å². The fourth-order valence-electron chi connectivity index (χ4n) is 3.33. The average molecular weight is 415 g/mol. The van der Waals surface area contributed by atoms with E-state index in [4.69, 9.17) is 9.15 Å². The quantitative estimate of drug-likeness (QED) is 0.321. The molecule has 1 aliphatic heterocycles. The Kier molecular flexibility index (Phi) is 9.18. The van der Waals surface area contributed by atoms with Crippen LogP contribution in [0, 0.1) is 5.92 Å². The minimum Gasteiger partial charge on any atom is -0.504 e. The van der Waals surface area contributed by atoms with E-state index >= 15 is 0 Å². The van der Waals surface area contributed by atoms with Gasteiger partial charge >= 0.3 is 5.97 Å². The molecule has 1 aliphatic rings. The zero-order valence-corrected chi connectivity index (χ0v) is 18.5. The first kappa shape index (κ1) is 23.7. The van der Waals surface area contributed by atoms with Crippen molar-refractivity contribution < 1.29 is 24.2 Å². The molecule has 2 atom stereocenters. The number of esters is 1. The predicted octanol–water partition coefficient (Wildman–Crippen LogP) is 6.46. The molecule has 0 aliphatic carbocycles. The predicted molar refractivity (Wildman–Crippen MR) is 118 cm³/mol. The molecule has 0 saturated carbocycles. The Morgan fingerprint density at radius 2 is 1.93 bits per heavy atom. The van der Waals surface area contributed by atoms with E-state index in [9.17, 15) is 15.0 Å². The van der Waals surface area contributed by atoms with Crippen molar-refractivity contribution in [2.45, 2.75) is 72.3 Å². The van der Waals surface area contributed by atoms with Gasteiger partial charge in [-0.25, -0.2) is 4.79 Å². The molecule has 0 saturated heterocycles. The molecule has 0 bridgehead atoms. The lowest BCUT2D eigenvalue weighted by Gasteiger charge is -2.08. The molecule has 1 aromatic rings. The van der Waals surface area contributed by atoms with E-state index in [-0.39, 0.29) is 23.0 Å². The van der Waals surface area contributed by atoms with E-state index in [1.807, 2.05) is 6.08 Å². The number of hydrogen-bond donors (Lipinski definition) is 2. The van der Waals surface area contributed by atoms with Gasteiger partial charge in [0, 0.05) is 5.56 Å². The van der Waals surface area contributed by atoms with Crippen molar-refractivity contribution in [2.24, 2.45) is 5.92 Å². The molecule has 5 nitrogen and oxygen atoms in total. The maximum atomic E-state index is 11.4. The minimum absolute atomic E-state index is 0.0383. The molecular formula is C25H34O5. The molecule has 0 spiro atoms. The number of cyclic esters (lactones) is 1. The fourth-order valence-corrected chi connectivity index (χ4v) is 3.33. The highest BCUT2D eigenvalue weighted by atomic mass is 16.6. The Bertz CT molecular complexity index is 824. The average Bonchev–Trinajstić information content (AvgIpc) is 3.32. The van der Waals surface area contributed by atoms with Crippen molar-refractivity contribution >= 4 is 5.97 Å². The molecule has 30 heavy (non-hydrogen) atoms. The number of allylic oxidation sites excluding steroid dienone is 4. The SMILES string of the molecule is CC(=CCC(O)c1ccoc1)CCC=C(C)CCCC(C)C=C1OC(=O)C(C)=C1O. The van der Waals surface area contributed by atoms with Crippen LogP contribution in [0.5, 0.6) is 0 Å². The highest BCUT2D eigenvalue weighted by Crippen LogP contribution is 2.26. The topological polar surface area (TPSA) is 79.9 Å². The third-order valence-corrected chi connectivity index (χ3v) is 5.41. The summed E-state index contributed by atoms with van der Waals surface area (Å²) in [6, 6.07) is 1.79. The normalized spacial score (nSPS) is 18.8. The molecule has 0 aromatic carbocycles. The molecule has 2 rings (SSSR count). The van der Waals surface area contributed by atoms with E-state index in [2.05, 4.69) is 32.9 Å². The Labute approximate surface area is 179 Å². The van der Waals surface area contributed by atoms with Gasteiger partial charge in [0.25, 0.3) is 0 Å². The zero-order valence-electron chi connectivity index (χ0n) is 18.5. The van der Waals surface area contributed by atoms with Crippen LogP contribution >= 0.6 is 0 Å². The van der Waals surface area contributed by atoms with Crippen LogP contribution in [-0.2, 0) is 9.53 Å². The van der Waals surface area contributed by atoms with Gasteiger partial charge in [-0.05, 0) is 77.4 Å². The number of ether oxygens (including phenoxy) is 1. The number of rotatable bonds is 11. The van der Waals surface area contributed by atoms with E-state index in [1.54, 1.807) is 25.5 Å². The lowest BCUT2D eigenvalue weighted by Crippen LogP contribution is -1.97. The summed E-state index contributed by atoms with van der Waals surface area (Å²) in [5, 5.41) is 20.0. The van der Waals surface area contributed by atoms with Crippen LogP contribution in [0.3, 0.4) is 0 Å². The second kappa shape index (κ2) is 11.6. The van der Waals surface area contributed by atoms with Crippen molar-refractivity contribution in [2.75, 3.05) is 0 Å². The molecule has 2 heterocycles. The lowest BCUT2D eigenvalue weighted by molar-refractivity contribution is -0.133. The number of furan rings is 1. The zero-order chi connectivity index (χ0) is 22.1. The third kappa shape index (κ3) is 7.38. The fraction of sp³-hybridized carbons (Fsp3) is 0.480. The highest BCUT2D eigenvalue weighted by molar-refractivity contribution is 5.93. The largest absolute Gasteiger partial charge is 0.504 e. The molecular weight excluding hydrogens is 380 g/mol. The molecule has 0 fully saturated rings. The first-order valence-corrected chi connectivity index (χ1v) is 10.6. The summed E-state index contributed by atoms with van der Waals surface area (Å²) in [6.45, 7) is 7.88. The summed E-state index contributed by atoms with van der Waals surface area (Å²) in [6.07, 6.45) is 14.4. The molecule has 2 unspecified atom stereocenters. The summed E-state index contributed by atoms with van der Waals surface area (Å²) in [5.74, 6) is 0.00610. The van der Waals surface area contributed by atoms with Crippen LogP contribution in [0.15, 0.2) is 69.5 Å². The van der Waals surface area contributed by atoms with Gasteiger partial charge in [-0.1, -0.05) is 30.2 Å². The smallest absolute Gasteiger partial charge is 0.343 e. The molecule has 2 N–H and O–H groups in total. The third-order valence-electron chi connectivity index (χ3n) is 5.41. The van der Waals surface area contributed by atoms with Gasteiger partial charge in [-0.15, -0.1) is 0 Å². The molecule has 0 amide bonds. The summed E-state index contributed by atoms with van der Waals surface area (Å²) >= 11 is 0. The molecule has 1 aromatic heterocycles. The molecule has 5 heteroatoms. The van der Waals surface area contributed by atoms with Crippen molar-refractivity contribution in [3.63, 3.8) is 0 Å².